The van der Waals surface area contributed by atoms with Crippen LogP contribution in [0.25, 0.3) is 11.0 Å². The first-order chi connectivity index (χ1) is 14.5. The Morgan fingerprint density at radius 1 is 1.07 bits per heavy atom. The van der Waals surface area contributed by atoms with Crippen molar-refractivity contribution in [2.45, 2.75) is 19.0 Å². The molecule has 0 bridgehead atoms. The zero-order chi connectivity index (χ0) is 21.3. The number of rotatable bonds is 6. The number of amides is 1. The minimum absolute atomic E-state index is 0.0768. The summed E-state index contributed by atoms with van der Waals surface area (Å²) in [6.07, 6.45) is 2.91. The van der Waals surface area contributed by atoms with E-state index in [-0.39, 0.29) is 6.17 Å². The molecule has 0 saturated carbocycles. The largest absolute Gasteiger partial charge is 0.378 e. The van der Waals surface area contributed by atoms with Gasteiger partial charge in [0.1, 0.15) is 6.17 Å². The summed E-state index contributed by atoms with van der Waals surface area (Å²) in [4.78, 5) is 15.1. The summed E-state index contributed by atoms with van der Waals surface area (Å²) in [7, 11) is 8.13. The first kappa shape index (κ1) is 19.9. The number of carbonyl (C=O) groups is 1. The molecule has 1 saturated heterocycles. The molecule has 1 amide bonds. The lowest BCUT2D eigenvalue weighted by molar-refractivity contribution is -0.110. The molecule has 3 aromatic rings. The zero-order valence-corrected chi connectivity index (χ0v) is 18.0. The molecule has 2 heterocycles. The highest BCUT2D eigenvalue weighted by atomic mass is 16.1. The molecule has 1 aromatic heterocycles. The number of hydrogen-bond donors (Lipinski definition) is 2. The zero-order valence-electron chi connectivity index (χ0n) is 18.0. The fourth-order valence-electron chi connectivity index (χ4n) is 4.10. The smallest absolute Gasteiger partial charge is 0.227 e. The van der Waals surface area contributed by atoms with Gasteiger partial charge in [0.15, 0.2) is 0 Å². The van der Waals surface area contributed by atoms with Crippen molar-refractivity contribution in [1.82, 2.24) is 14.5 Å². The second-order valence-corrected chi connectivity index (χ2v) is 7.89. The Bertz CT molecular complexity index is 1110. The number of nitrogens with one attached hydrogen (secondary N) is 2. The summed E-state index contributed by atoms with van der Waals surface area (Å²) < 4.78 is 4.17. The minimum Gasteiger partial charge on any atom is -0.378 e. The number of aromatic nitrogens is 2. The lowest BCUT2D eigenvalue weighted by Gasteiger charge is -2.26. The molecule has 0 aliphatic carbocycles. The number of carbonyl (C=O) groups excluding carboxylic acids is 1. The Labute approximate surface area is 176 Å². The number of fused-ring (bicyclic) bond motifs is 1. The molecule has 1 atom stereocenters. The number of benzene rings is 2. The van der Waals surface area contributed by atoms with Gasteiger partial charge in [0, 0.05) is 46.1 Å². The molecule has 8 nitrogen and oxygen atoms in total. The van der Waals surface area contributed by atoms with Crippen LogP contribution in [0.2, 0.25) is 0 Å². The molecule has 1 aliphatic rings. The second kappa shape index (κ2) is 8.14. The van der Waals surface area contributed by atoms with E-state index < -0.39 is 0 Å². The average molecular weight is 408 g/mol. The molecule has 1 aliphatic heterocycles. The van der Waals surface area contributed by atoms with Gasteiger partial charge in [0.25, 0.3) is 0 Å². The average Bonchev–Trinajstić information content (AvgIpc) is 3.30. The molecule has 4 rings (SSSR count). The summed E-state index contributed by atoms with van der Waals surface area (Å²) in [5, 5.41) is 7.54. The summed E-state index contributed by atoms with van der Waals surface area (Å²) in [5.41, 5.74) is 9.43. The van der Waals surface area contributed by atoms with E-state index in [2.05, 4.69) is 65.1 Å². The predicted molar refractivity (Wildman–Crippen MR) is 121 cm³/mol. The maximum Gasteiger partial charge on any atom is 0.227 e. The summed E-state index contributed by atoms with van der Waals surface area (Å²) in [5.74, 6) is 0. The summed E-state index contributed by atoms with van der Waals surface area (Å²) in [6, 6.07) is 14.6. The van der Waals surface area contributed by atoms with E-state index in [0.29, 0.717) is 0 Å². The van der Waals surface area contributed by atoms with Crippen LogP contribution < -0.4 is 26.2 Å². The van der Waals surface area contributed by atoms with Crippen LogP contribution in [0.5, 0.6) is 0 Å². The minimum atomic E-state index is 0.0768. The van der Waals surface area contributed by atoms with E-state index in [4.69, 9.17) is 0 Å². The normalized spacial score (nSPS) is 16.9. The van der Waals surface area contributed by atoms with Crippen molar-refractivity contribution >= 4 is 34.5 Å². The molecular weight excluding hydrogens is 378 g/mol. The summed E-state index contributed by atoms with van der Waals surface area (Å²) in [6.45, 7) is 0.948. The maximum absolute atomic E-state index is 10.8. The highest BCUT2D eigenvalue weighted by Gasteiger charge is 2.23. The lowest BCUT2D eigenvalue weighted by Crippen LogP contribution is -2.40. The fourth-order valence-corrected chi connectivity index (χ4v) is 4.10. The predicted octanol–water partition coefficient (Wildman–Crippen LogP) is 2.18. The van der Waals surface area contributed by atoms with Crippen LogP contribution in [0.15, 0.2) is 47.6 Å². The number of hydrogen-bond acceptors (Lipinski definition) is 5. The van der Waals surface area contributed by atoms with E-state index >= 15 is 0 Å². The van der Waals surface area contributed by atoms with Crippen molar-refractivity contribution in [2.24, 2.45) is 19.2 Å². The van der Waals surface area contributed by atoms with Crippen molar-refractivity contribution in [2.75, 3.05) is 35.9 Å². The fraction of sp³-hybridized carbons (Fsp3) is 0.364. The molecule has 30 heavy (non-hydrogen) atoms. The van der Waals surface area contributed by atoms with Gasteiger partial charge in [-0.2, -0.15) is 0 Å². The second-order valence-electron chi connectivity index (χ2n) is 7.89. The van der Waals surface area contributed by atoms with E-state index in [1.54, 1.807) is 0 Å². The first-order valence-corrected chi connectivity index (χ1v) is 10.2. The van der Waals surface area contributed by atoms with Crippen LogP contribution in [-0.2, 0) is 18.9 Å². The molecule has 0 radical (unpaired) electrons. The highest BCUT2D eigenvalue weighted by molar-refractivity contribution is 5.80. The topological polar surface area (TPSA) is 69.8 Å². The standard InChI is InChI=1S/C22H29N7O/c1-26(2)18-11-12-19-20(14-18)28(4)22(27(19)3)25-24-16-7-9-17(10-8-16)29-13-5-6-21(29)23-15-30/h7-12,14-15,21,24H,5-6,13H2,1-4H3,(H,23,30). The third-order valence-corrected chi connectivity index (χ3v) is 5.80. The Morgan fingerprint density at radius 2 is 1.80 bits per heavy atom. The number of imidazole rings is 1. The van der Waals surface area contributed by atoms with Gasteiger partial charge in [0.2, 0.25) is 12.0 Å². The van der Waals surface area contributed by atoms with Crippen molar-refractivity contribution in [3.8, 4) is 0 Å². The molecule has 1 fully saturated rings. The van der Waals surface area contributed by atoms with Crippen molar-refractivity contribution < 1.29 is 4.79 Å². The highest BCUT2D eigenvalue weighted by Crippen LogP contribution is 2.25. The Morgan fingerprint density at radius 3 is 2.50 bits per heavy atom. The van der Waals surface area contributed by atoms with Crippen molar-refractivity contribution in [3.63, 3.8) is 0 Å². The van der Waals surface area contributed by atoms with Gasteiger partial charge < -0.3 is 24.3 Å². The van der Waals surface area contributed by atoms with E-state index in [9.17, 15) is 4.79 Å². The third kappa shape index (κ3) is 3.60. The van der Waals surface area contributed by atoms with E-state index in [0.717, 1.165) is 59.5 Å². The van der Waals surface area contributed by atoms with Crippen molar-refractivity contribution in [1.29, 1.82) is 0 Å². The van der Waals surface area contributed by atoms with Crippen LogP contribution in [0.4, 0.5) is 17.1 Å². The maximum atomic E-state index is 10.8. The van der Waals surface area contributed by atoms with Gasteiger partial charge in [-0.15, -0.1) is 5.10 Å². The van der Waals surface area contributed by atoms with Gasteiger partial charge in [-0.25, -0.2) is 0 Å². The van der Waals surface area contributed by atoms with Crippen LogP contribution in [0.3, 0.4) is 0 Å². The number of nitrogens with zero attached hydrogens (tertiary/aromatic N) is 5. The van der Waals surface area contributed by atoms with Gasteiger partial charge in [-0.1, -0.05) is 0 Å². The van der Waals surface area contributed by atoms with Crippen LogP contribution in [0, 0.1) is 0 Å². The quantitative estimate of drug-likeness (QED) is 0.485. The number of anilines is 3. The molecule has 0 spiro atoms. The molecular formula is C22H29N7O. The van der Waals surface area contributed by atoms with Crippen LogP contribution >= 0.6 is 0 Å². The van der Waals surface area contributed by atoms with E-state index in [1.807, 2.05) is 40.3 Å². The van der Waals surface area contributed by atoms with Gasteiger partial charge in [-0.05, 0) is 55.3 Å². The Hall–Kier alpha value is -3.42. The van der Waals surface area contributed by atoms with E-state index in [1.165, 1.54) is 0 Å². The first-order valence-electron chi connectivity index (χ1n) is 10.2. The summed E-state index contributed by atoms with van der Waals surface area (Å²) >= 11 is 0. The molecule has 1 unspecified atom stereocenters. The molecule has 2 N–H and O–H groups in total. The SMILES string of the molecule is CN(C)c1ccc2c(c1)n(C)c(=NNc1ccc(N3CCCC3NC=O)cc1)n2C. The van der Waals surface area contributed by atoms with Crippen LogP contribution in [0.1, 0.15) is 12.8 Å². The van der Waals surface area contributed by atoms with Gasteiger partial charge >= 0.3 is 0 Å². The molecule has 2 aromatic carbocycles. The Kier molecular flexibility index (Phi) is 5.39. The molecule has 8 heteroatoms. The van der Waals surface area contributed by atoms with Gasteiger partial charge in [-0.3, -0.25) is 10.2 Å². The number of aryl methyl sites for hydroxylation is 2. The van der Waals surface area contributed by atoms with Gasteiger partial charge in [0.05, 0.1) is 16.7 Å². The Balaban J connectivity index is 1.58. The monoisotopic (exact) mass is 407 g/mol. The molecule has 158 valence electrons. The lowest BCUT2D eigenvalue weighted by atomic mass is 10.2. The van der Waals surface area contributed by atoms with Crippen molar-refractivity contribution in [3.05, 3.63) is 48.1 Å². The van der Waals surface area contributed by atoms with Crippen LogP contribution in [-0.4, -0.2) is 42.4 Å². The third-order valence-electron chi connectivity index (χ3n) is 5.80.